The number of carbonyl (C=O) groups is 2. The molecule has 0 heterocycles. The van der Waals surface area contributed by atoms with Gasteiger partial charge in [0.2, 0.25) is 0 Å². The third-order valence-electron chi connectivity index (χ3n) is 4.02. The Labute approximate surface area is 177 Å². The molecular weight excluding hydrogens is 436 g/mol. The topological polar surface area (TPSA) is 61.8 Å². The predicted octanol–water partition coefficient (Wildman–Crippen LogP) is 5.21. The molecule has 3 aromatic carbocycles. The lowest BCUT2D eigenvalue weighted by atomic mass is 10.1. The average molecular weight is 455 g/mol. The van der Waals surface area contributed by atoms with Crippen LogP contribution < -0.4 is 9.47 Å². The molecule has 0 atom stereocenters. The lowest BCUT2D eigenvalue weighted by Gasteiger charge is -2.09. The third kappa shape index (κ3) is 5.93. The summed E-state index contributed by atoms with van der Waals surface area (Å²) in [5, 5.41) is 0. The molecule has 0 aliphatic heterocycles. The van der Waals surface area contributed by atoms with Crippen LogP contribution in [0.4, 0.5) is 0 Å². The number of esters is 2. The van der Waals surface area contributed by atoms with Crippen LogP contribution in [-0.2, 0) is 4.74 Å². The molecule has 5 nitrogen and oxygen atoms in total. The van der Waals surface area contributed by atoms with Crippen LogP contribution in [0.3, 0.4) is 0 Å². The van der Waals surface area contributed by atoms with Crippen molar-refractivity contribution >= 4 is 27.9 Å². The second kappa shape index (κ2) is 9.89. The lowest BCUT2D eigenvalue weighted by Crippen LogP contribution is -2.13. The van der Waals surface area contributed by atoms with Gasteiger partial charge in [0.25, 0.3) is 0 Å². The van der Waals surface area contributed by atoms with E-state index in [1.54, 1.807) is 30.3 Å². The Morgan fingerprint density at radius 1 is 0.793 bits per heavy atom. The molecule has 0 N–H and O–H groups in total. The Hall–Kier alpha value is -3.12. The van der Waals surface area contributed by atoms with E-state index in [9.17, 15) is 9.59 Å². The van der Waals surface area contributed by atoms with Gasteiger partial charge in [-0.1, -0.05) is 46.3 Å². The van der Waals surface area contributed by atoms with Crippen LogP contribution in [0, 0.1) is 6.92 Å². The standard InChI is InChI=1S/C23H19BrO5/c1-16-10-11-18(15-21(16)24)23(26)29-20-9-5-6-17(14-20)22(25)28-13-12-27-19-7-3-2-4-8-19/h2-11,14-15H,12-13H2,1H3. The van der Waals surface area contributed by atoms with Crippen LogP contribution in [0.25, 0.3) is 0 Å². The number of aryl methyl sites for hydroxylation is 1. The molecule has 0 spiro atoms. The van der Waals surface area contributed by atoms with Gasteiger partial charge in [0.15, 0.2) is 0 Å². The summed E-state index contributed by atoms with van der Waals surface area (Å²) < 4.78 is 16.9. The molecule has 0 amide bonds. The molecule has 0 fully saturated rings. The van der Waals surface area contributed by atoms with E-state index < -0.39 is 11.9 Å². The third-order valence-corrected chi connectivity index (χ3v) is 4.87. The second-order valence-electron chi connectivity index (χ2n) is 6.18. The average Bonchev–Trinajstić information content (AvgIpc) is 2.74. The van der Waals surface area contributed by atoms with Crippen molar-refractivity contribution in [2.45, 2.75) is 6.92 Å². The Morgan fingerprint density at radius 2 is 1.52 bits per heavy atom. The van der Waals surface area contributed by atoms with Gasteiger partial charge in [-0.2, -0.15) is 0 Å². The molecule has 0 aliphatic rings. The fourth-order valence-electron chi connectivity index (χ4n) is 2.47. The first-order valence-electron chi connectivity index (χ1n) is 8.96. The van der Waals surface area contributed by atoms with Gasteiger partial charge in [-0.15, -0.1) is 0 Å². The summed E-state index contributed by atoms with van der Waals surface area (Å²) in [6.07, 6.45) is 0. The number of halogens is 1. The summed E-state index contributed by atoms with van der Waals surface area (Å²) in [5.41, 5.74) is 1.72. The molecule has 0 saturated carbocycles. The van der Waals surface area contributed by atoms with Crippen molar-refractivity contribution in [3.8, 4) is 11.5 Å². The van der Waals surface area contributed by atoms with Gasteiger partial charge in [0, 0.05) is 4.47 Å². The van der Waals surface area contributed by atoms with Crippen molar-refractivity contribution in [1.29, 1.82) is 0 Å². The maximum atomic E-state index is 12.3. The lowest BCUT2D eigenvalue weighted by molar-refractivity contribution is 0.0449. The summed E-state index contributed by atoms with van der Waals surface area (Å²) in [5.74, 6) is -0.0491. The molecular formula is C23H19BrO5. The summed E-state index contributed by atoms with van der Waals surface area (Å²) in [6.45, 7) is 2.28. The maximum absolute atomic E-state index is 12.3. The summed E-state index contributed by atoms with van der Waals surface area (Å²) >= 11 is 3.40. The van der Waals surface area contributed by atoms with E-state index in [1.165, 1.54) is 6.07 Å². The fourth-order valence-corrected chi connectivity index (χ4v) is 2.85. The highest BCUT2D eigenvalue weighted by Crippen LogP contribution is 2.20. The van der Waals surface area contributed by atoms with Gasteiger partial charge in [0.1, 0.15) is 24.7 Å². The Kier molecular flexibility index (Phi) is 7.03. The van der Waals surface area contributed by atoms with E-state index in [4.69, 9.17) is 14.2 Å². The smallest absolute Gasteiger partial charge is 0.343 e. The molecule has 6 heteroatoms. The van der Waals surface area contributed by atoms with E-state index in [-0.39, 0.29) is 19.0 Å². The largest absolute Gasteiger partial charge is 0.490 e. The number of rotatable bonds is 7. The molecule has 0 aliphatic carbocycles. The van der Waals surface area contributed by atoms with E-state index >= 15 is 0 Å². The number of hydrogen-bond acceptors (Lipinski definition) is 5. The zero-order valence-corrected chi connectivity index (χ0v) is 17.3. The van der Waals surface area contributed by atoms with E-state index in [0.29, 0.717) is 16.9 Å². The van der Waals surface area contributed by atoms with Gasteiger partial charge < -0.3 is 14.2 Å². The van der Waals surface area contributed by atoms with Crippen LogP contribution >= 0.6 is 15.9 Å². The monoisotopic (exact) mass is 454 g/mol. The van der Waals surface area contributed by atoms with Gasteiger partial charge >= 0.3 is 11.9 Å². The highest BCUT2D eigenvalue weighted by atomic mass is 79.9. The van der Waals surface area contributed by atoms with Crippen LogP contribution in [0.15, 0.2) is 77.3 Å². The molecule has 0 unspecified atom stereocenters. The fraction of sp³-hybridized carbons (Fsp3) is 0.130. The van der Waals surface area contributed by atoms with Gasteiger partial charge in [-0.25, -0.2) is 9.59 Å². The quantitative estimate of drug-likeness (QED) is 0.278. The predicted molar refractivity (Wildman–Crippen MR) is 112 cm³/mol. The number of benzene rings is 3. The van der Waals surface area contributed by atoms with Crippen molar-refractivity contribution in [3.05, 3.63) is 94.0 Å². The first-order chi connectivity index (χ1) is 14.0. The first kappa shape index (κ1) is 20.6. The zero-order valence-electron chi connectivity index (χ0n) is 15.8. The molecule has 0 aromatic heterocycles. The second-order valence-corrected chi connectivity index (χ2v) is 7.03. The van der Waals surface area contributed by atoms with Crippen LogP contribution in [0.2, 0.25) is 0 Å². The molecule has 0 radical (unpaired) electrons. The minimum Gasteiger partial charge on any atom is -0.490 e. The van der Waals surface area contributed by atoms with Crippen molar-refractivity contribution in [3.63, 3.8) is 0 Å². The Morgan fingerprint density at radius 3 is 2.28 bits per heavy atom. The molecule has 3 aromatic rings. The van der Waals surface area contributed by atoms with Gasteiger partial charge in [-0.3, -0.25) is 0 Å². The maximum Gasteiger partial charge on any atom is 0.343 e. The number of hydrogen-bond donors (Lipinski definition) is 0. The van der Waals surface area contributed by atoms with Gasteiger partial charge in [-0.05, 0) is 55.0 Å². The summed E-state index contributed by atoms with van der Waals surface area (Å²) in [6, 6.07) is 20.8. The zero-order chi connectivity index (χ0) is 20.6. The van der Waals surface area contributed by atoms with E-state index in [0.717, 1.165) is 10.0 Å². The Bertz CT molecular complexity index is 1000. The van der Waals surface area contributed by atoms with Crippen molar-refractivity contribution in [2.75, 3.05) is 13.2 Å². The van der Waals surface area contributed by atoms with Crippen LogP contribution in [-0.4, -0.2) is 25.2 Å². The van der Waals surface area contributed by atoms with Crippen LogP contribution in [0.5, 0.6) is 11.5 Å². The van der Waals surface area contributed by atoms with Crippen molar-refractivity contribution in [2.24, 2.45) is 0 Å². The van der Waals surface area contributed by atoms with Crippen molar-refractivity contribution < 1.29 is 23.8 Å². The van der Waals surface area contributed by atoms with E-state index in [1.807, 2.05) is 43.3 Å². The molecule has 3 rings (SSSR count). The molecule has 148 valence electrons. The normalized spacial score (nSPS) is 10.3. The first-order valence-corrected chi connectivity index (χ1v) is 9.75. The van der Waals surface area contributed by atoms with Crippen molar-refractivity contribution in [1.82, 2.24) is 0 Å². The molecule has 0 bridgehead atoms. The minimum atomic E-state index is -0.516. The highest BCUT2D eigenvalue weighted by Gasteiger charge is 2.13. The minimum absolute atomic E-state index is 0.106. The Balaban J connectivity index is 1.54. The van der Waals surface area contributed by atoms with E-state index in [2.05, 4.69) is 15.9 Å². The van der Waals surface area contributed by atoms with Crippen LogP contribution in [0.1, 0.15) is 26.3 Å². The SMILES string of the molecule is Cc1ccc(C(=O)Oc2cccc(C(=O)OCCOc3ccccc3)c2)cc1Br. The molecule has 0 saturated heterocycles. The highest BCUT2D eigenvalue weighted by molar-refractivity contribution is 9.10. The summed E-state index contributed by atoms with van der Waals surface area (Å²) in [7, 11) is 0. The number of carbonyl (C=O) groups excluding carboxylic acids is 2. The van der Waals surface area contributed by atoms with Gasteiger partial charge in [0.05, 0.1) is 11.1 Å². The molecule has 29 heavy (non-hydrogen) atoms. The number of para-hydroxylation sites is 1. The number of ether oxygens (including phenoxy) is 3. The summed E-state index contributed by atoms with van der Waals surface area (Å²) in [4.78, 5) is 24.6.